The van der Waals surface area contributed by atoms with Gasteiger partial charge < -0.3 is 10.4 Å². The van der Waals surface area contributed by atoms with Gasteiger partial charge in [-0.25, -0.2) is 14.2 Å². The van der Waals surface area contributed by atoms with E-state index >= 15 is 0 Å². The van der Waals surface area contributed by atoms with E-state index in [0.29, 0.717) is 29.5 Å². The van der Waals surface area contributed by atoms with E-state index in [-0.39, 0.29) is 23.8 Å². The summed E-state index contributed by atoms with van der Waals surface area (Å²) in [5, 5.41) is 11.4. The first-order chi connectivity index (χ1) is 16.9. The predicted molar refractivity (Wildman–Crippen MR) is 133 cm³/mol. The van der Waals surface area contributed by atoms with Gasteiger partial charge >= 0.3 is 5.97 Å². The van der Waals surface area contributed by atoms with Gasteiger partial charge in [-0.2, -0.15) is 0 Å². The van der Waals surface area contributed by atoms with Crippen molar-refractivity contribution in [1.82, 2.24) is 4.90 Å². The van der Waals surface area contributed by atoms with Crippen molar-refractivity contribution in [1.29, 1.82) is 0 Å². The predicted octanol–water partition coefficient (Wildman–Crippen LogP) is 4.73. The summed E-state index contributed by atoms with van der Waals surface area (Å²) in [5.74, 6) is -2.08. The van der Waals surface area contributed by atoms with Crippen molar-refractivity contribution in [3.63, 3.8) is 0 Å². The number of amidine groups is 1. The number of hydrogen-bond acceptors (Lipinski definition) is 5. The number of carbonyl (C=O) groups is 3. The van der Waals surface area contributed by atoms with E-state index < -0.39 is 17.0 Å². The number of nitrogens with zero attached hydrogens (tertiary/aromatic N) is 2. The molecule has 35 heavy (non-hydrogen) atoms. The minimum absolute atomic E-state index is 0.0130. The number of anilines is 1. The standard InChI is InChI=1S/C26H22FN3O4S/c27-19-8-12-21(13-9-19)29-26-30(15-14-17-4-2-1-3-5-17)23(31)16-22(35-26)24(32)28-20-10-6-18(7-11-20)25(33)34/h1-13,22H,14-16H2,(H,28,32)(H,33,34)/t22-/m1/s1. The highest BCUT2D eigenvalue weighted by Gasteiger charge is 2.35. The number of halogens is 1. The molecule has 0 radical (unpaired) electrons. The summed E-state index contributed by atoms with van der Waals surface area (Å²) in [7, 11) is 0. The number of hydrogen-bond donors (Lipinski definition) is 2. The molecule has 3 aromatic rings. The minimum atomic E-state index is -1.06. The van der Waals surface area contributed by atoms with Gasteiger partial charge in [0.05, 0.1) is 11.3 Å². The van der Waals surface area contributed by atoms with Gasteiger partial charge in [-0.05, 0) is 60.5 Å². The molecule has 4 rings (SSSR count). The smallest absolute Gasteiger partial charge is 0.335 e. The number of aromatic carboxylic acids is 1. The number of carboxylic acids is 1. The average Bonchev–Trinajstić information content (AvgIpc) is 2.85. The molecule has 2 N–H and O–H groups in total. The minimum Gasteiger partial charge on any atom is -0.478 e. The second-order valence-corrected chi connectivity index (χ2v) is 9.00. The zero-order chi connectivity index (χ0) is 24.8. The summed E-state index contributed by atoms with van der Waals surface area (Å²) in [4.78, 5) is 43.2. The highest BCUT2D eigenvalue weighted by Crippen LogP contribution is 2.30. The van der Waals surface area contributed by atoms with E-state index in [1.54, 1.807) is 4.90 Å². The average molecular weight is 492 g/mol. The topological polar surface area (TPSA) is 99.1 Å². The van der Waals surface area contributed by atoms with Crippen molar-refractivity contribution < 1.29 is 23.9 Å². The Hall–Kier alpha value is -3.98. The van der Waals surface area contributed by atoms with Crippen LogP contribution in [0, 0.1) is 5.82 Å². The summed E-state index contributed by atoms with van der Waals surface area (Å²) in [6, 6.07) is 21.1. The molecule has 0 bridgehead atoms. The first-order valence-corrected chi connectivity index (χ1v) is 11.8. The number of aliphatic imine (C=N–C) groups is 1. The highest BCUT2D eigenvalue weighted by atomic mass is 32.2. The lowest BCUT2D eigenvalue weighted by Gasteiger charge is -2.32. The first-order valence-electron chi connectivity index (χ1n) is 10.9. The number of amides is 2. The Kier molecular flexibility index (Phi) is 7.57. The molecule has 1 atom stereocenters. The fraction of sp³-hybridized carbons (Fsp3) is 0.154. The molecule has 0 aromatic heterocycles. The van der Waals surface area contributed by atoms with Crippen molar-refractivity contribution in [2.24, 2.45) is 4.99 Å². The molecule has 1 aliphatic heterocycles. The van der Waals surface area contributed by atoms with Gasteiger partial charge in [0.15, 0.2) is 5.17 Å². The van der Waals surface area contributed by atoms with Gasteiger partial charge in [0.1, 0.15) is 11.1 Å². The molecule has 1 heterocycles. The third kappa shape index (κ3) is 6.33. The van der Waals surface area contributed by atoms with Crippen molar-refractivity contribution in [3.8, 4) is 0 Å². The van der Waals surface area contributed by atoms with E-state index in [2.05, 4.69) is 10.3 Å². The Morgan fingerprint density at radius 2 is 1.71 bits per heavy atom. The van der Waals surface area contributed by atoms with E-state index in [1.165, 1.54) is 60.3 Å². The summed E-state index contributed by atoms with van der Waals surface area (Å²) >= 11 is 1.17. The van der Waals surface area contributed by atoms with Crippen LogP contribution in [0.15, 0.2) is 83.9 Å². The molecule has 0 unspecified atom stereocenters. The number of carboxylic acid groups (broad SMARTS) is 1. The van der Waals surface area contributed by atoms with Crippen molar-refractivity contribution in [3.05, 3.63) is 95.8 Å². The van der Waals surface area contributed by atoms with E-state index in [0.717, 1.165) is 5.56 Å². The van der Waals surface area contributed by atoms with Gasteiger partial charge in [0.2, 0.25) is 11.8 Å². The maximum atomic E-state index is 13.4. The molecule has 178 valence electrons. The van der Waals surface area contributed by atoms with Gasteiger partial charge in [-0.15, -0.1) is 0 Å². The third-order valence-electron chi connectivity index (χ3n) is 5.35. The molecule has 1 saturated heterocycles. The van der Waals surface area contributed by atoms with Crippen molar-refractivity contribution in [2.75, 3.05) is 11.9 Å². The molecule has 9 heteroatoms. The second-order valence-electron chi connectivity index (χ2n) is 7.83. The molecule has 3 aromatic carbocycles. The molecular formula is C26H22FN3O4S. The normalized spacial score (nSPS) is 16.8. The molecule has 0 aliphatic carbocycles. The van der Waals surface area contributed by atoms with Crippen LogP contribution in [0.25, 0.3) is 0 Å². The fourth-order valence-electron chi connectivity index (χ4n) is 3.49. The zero-order valence-electron chi connectivity index (χ0n) is 18.6. The second kappa shape index (κ2) is 11.0. The lowest BCUT2D eigenvalue weighted by molar-refractivity contribution is -0.129. The number of carbonyl (C=O) groups excluding carboxylic acids is 2. The number of thioether (sulfide) groups is 1. The van der Waals surface area contributed by atoms with Gasteiger partial charge in [0.25, 0.3) is 0 Å². The Morgan fingerprint density at radius 1 is 1.03 bits per heavy atom. The summed E-state index contributed by atoms with van der Waals surface area (Å²) in [5.41, 5.74) is 2.07. The molecule has 1 fully saturated rings. The van der Waals surface area contributed by atoms with Crippen LogP contribution >= 0.6 is 11.8 Å². The molecule has 0 spiro atoms. The number of nitrogens with one attached hydrogen (secondary N) is 1. The molecule has 1 aliphatic rings. The van der Waals surface area contributed by atoms with Crippen LogP contribution < -0.4 is 5.32 Å². The number of benzene rings is 3. The van der Waals surface area contributed by atoms with Gasteiger partial charge in [0, 0.05) is 18.7 Å². The Bertz CT molecular complexity index is 1250. The van der Waals surface area contributed by atoms with Gasteiger partial charge in [-0.1, -0.05) is 42.1 Å². The Balaban J connectivity index is 1.53. The Morgan fingerprint density at radius 3 is 2.37 bits per heavy atom. The summed E-state index contributed by atoms with van der Waals surface area (Å²) in [6.45, 7) is 0.390. The fourth-order valence-corrected chi connectivity index (χ4v) is 4.62. The molecule has 7 nitrogen and oxygen atoms in total. The SMILES string of the molecule is O=C(O)c1ccc(NC(=O)[C@H]2CC(=O)N(CCc3ccccc3)C(=Nc3ccc(F)cc3)S2)cc1. The molecule has 2 amide bonds. The number of rotatable bonds is 7. The lowest BCUT2D eigenvalue weighted by atomic mass is 10.1. The van der Waals surface area contributed by atoms with Crippen molar-refractivity contribution in [2.45, 2.75) is 18.1 Å². The monoisotopic (exact) mass is 491 g/mol. The van der Waals surface area contributed by atoms with Gasteiger partial charge in [-0.3, -0.25) is 14.5 Å². The van der Waals surface area contributed by atoms with Crippen LogP contribution in [0.4, 0.5) is 15.8 Å². The van der Waals surface area contributed by atoms with Crippen molar-refractivity contribution >= 4 is 46.1 Å². The van der Waals surface area contributed by atoms with Crippen LogP contribution in [-0.2, 0) is 16.0 Å². The van der Waals surface area contributed by atoms with Crippen LogP contribution in [0.5, 0.6) is 0 Å². The van der Waals surface area contributed by atoms with E-state index in [1.807, 2.05) is 30.3 Å². The summed E-state index contributed by atoms with van der Waals surface area (Å²) < 4.78 is 13.4. The lowest BCUT2D eigenvalue weighted by Crippen LogP contribution is -2.46. The maximum absolute atomic E-state index is 13.4. The molecule has 0 saturated carbocycles. The van der Waals surface area contributed by atoms with E-state index in [9.17, 15) is 18.8 Å². The summed E-state index contributed by atoms with van der Waals surface area (Å²) in [6.07, 6.45) is 0.600. The first kappa shape index (κ1) is 24.2. The maximum Gasteiger partial charge on any atom is 0.335 e. The largest absolute Gasteiger partial charge is 0.478 e. The Labute approximate surface area is 205 Å². The molecular weight excluding hydrogens is 469 g/mol. The highest BCUT2D eigenvalue weighted by molar-refractivity contribution is 8.15. The van der Waals surface area contributed by atoms with Crippen LogP contribution in [0.3, 0.4) is 0 Å². The quantitative estimate of drug-likeness (QED) is 0.498. The van der Waals surface area contributed by atoms with Crippen LogP contribution in [-0.4, -0.2) is 44.8 Å². The van der Waals surface area contributed by atoms with Crippen LogP contribution in [0.2, 0.25) is 0 Å². The van der Waals surface area contributed by atoms with E-state index in [4.69, 9.17) is 5.11 Å². The zero-order valence-corrected chi connectivity index (χ0v) is 19.4. The van der Waals surface area contributed by atoms with Crippen LogP contribution in [0.1, 0.15) is 22.3 Å². The third-order valence-corrected chi connectivity index (χ3v) is 6.54.